The molecule has 0 unspecified atom stereocenters. The Morgan fingerprint density at radius 2 is 1.84 bits per heavy atom. The molecule has 0 atom stereocenters. The molecule has 2 aromatic carbocycles. The molecule has 1 amide bonds. The summed E-state index contributed by atoms with van der Waals surface area (Å²) in [6, 6.07) is 11.4. The maximum Gasteiger partial charge on any atom is 0.216 e. The summed E-state index contributed by atoms with van der Waals surface area (Å²) in [5.41, 5.74) is 3.36. The second-order valence-corrected chi connectivity index (χ2v) is 7.09. The van der Waals surface area contributed by atoms with Crippen molar-refractivity contribution in [2.45, 2.75) is 33.1 Å². The van der Waals surface area contributed by atoms with E-state index < -0.39 is 0 Å². The SMILES string of the molecule is CCOc1cc(C(=O)/C=C/c2ccc(CCCO)cc2)c(CCNC(C)=O)cc1OC. The predicted molar refractivity (Wildman–Crippen MR) is 122 cm³/mol. The largest absolute Gasteiger partial charge is 0.493 e. The summed E-state index contributed by atoms with van der Waals surface area (Å²) in [5, 5.41) is 11.7. The van der Waals surface area contributed by atoms with Crippen molar-refractivity contribution in [1.29, 1.82) is 0 Å². The molecule has 0 radical (unpaired) electrons. The first-order valence-electron chi connectivity index (χ1n) is 10.5. The van der Waals surface area contributed by atoms with Crippen LogP contribution in [0.15, 0.2) is 42.5 Å². The number of hydrogen-bond acceptors (Lipinski definition) is 5. The van der Waals surface area contributed by atoms with Crippen molar-refractivity contribution in [1.82, 2.24) is 5.32 Å². The highest BCUT2D eigenvalue weighted by molar-refractivity contribution is 6.08. The zero-order valence-corrected chi connectivity index (χ0v) is 18.4. The summed E-state index contributed by atoms with van der Waals surface area (Å²) in [7, 11) is 1.56. The third-order valence-corrected chi connectivity index (χ3v) is 4.75. The van der Waals surface area contributed by atoms with E-state index in [4.69, 9.17) is 14.6 Å². The molecule has 0 heterocycles. The van der Waals surface area contributed by atoms with Crippen LogP contribution in [0, 0.1) is 0 Å². The highest BCUT2D eigenvalue weighted by Gasteiger charge is 2.16. The standard InChI is InChI=1S/C25H31NO5/c1-4-31-25-17-22(21(16-24(25)30-3)13-14-26-18(2)28)23(29)12-11-20-9-7-19(8-10-20)6-5-15-27/h7-12,16-17,27H,4-6,13-15H2,1-3H3,(H,26,28)/b12-11+. The van der Waals surface area contributed by atoms with Gasteiger partial charge in [-0.3, -0.25) is 9.59 Å². The van der Waals surface area contributed by atoms with Crippen LogP contribution in [0.1, 0.15) is 47.3 Å². The van der Waals surface area contributed by atoms with Gasteiger partial charge in [-0.05, 0) is 61.1 Å². The first kappa shape index (κ1) is 24.2. The average molecular weight is 426 g/mol. The number of ether oxygens (including phenoxy) is 2. The lowest BCUT2D eigenvalue weighted by Crippen LogP contribution is -2.23. The summed E-state index contributed by atoms with van der Waals surface area (Å²) in [4.78, 5) is 24.2. The van der Waals surface area contributed by atoms with E-state index in [1.807, 2.05) is 31.2 Å². The Labute approximate surface area is 183 Å². The van der Waals surface area contributed by atoms with Crippen LogP contribution in [0.3, 0.4) is 0 Å². The van der Waals surface area contributed by atoms with Gasteiger partial charge in [-0.15, -0.1) is 0 Å². The lowest BCUT2D eigenvalue weighted by molar-refractivity contribution is -0.118. The summed E-state index contributed by atoms with van der Waals surface area (Å²) in [6.07, 6.45) is 5.37. The van der Waals surface area contributed by atoms with Crippen molar-refractivity contribution in [3.8, 4) is 11.5 Å². The van der Waals surface area contributed by atoms with E-state index in [2.05, 4.69) is 5.32 Å². The number of rotatable bonds is 12. The van der Waals surface area contributed by atoms with E-state index >= 15 is 0 Å². The molecule has 0 aliphatic carbocycles. The number of benzene rings is 2. The summed E-state index contributed by atoms with van der Waals surface area (Å²) >= 11 is 0. The zero-order valence-electron chi connectivity index (χ0n) is 18.4. The molecule has 2 rings (SSSR count). The molecular weight excluding hydrogens is 394 g/mol. The molecule has 0 bridgehead atoms. The van der Waals surface area contributed by atoms with Gasteiger partial charge in [0.05, 0.1) is 13.7 Å². The van der Waals surface area contributed by atoms with Gasteiger partial charge in [-0.1, -0.05) is 30.3 Å². The second-order valence-electron chi connectivity index (χ2n) is 7.09. The van der Waals surface area contributed by atoms with Gasteiger partial charge in [0.25, 0.3) is 0 Å². The average Bonchev–Trinajstić information content (AvgIpc) is 2.77. The minimum absolute atomic E-state index is 0.117. The number of allylic oxidation sites excluding steroid dienone is 1. The lowest BCUT2D eigenvalue weighted by atomic mass is 9.98. The van der Waals surface area contributed by atoms with Crippen molar-refractivity contribution in [2.75, 3.05) is 26.9 Å². The van der Waals surface area contributed by atoms with Gasteiger partial charge in [-0.2, -0.15) is 0 Å². The topological polar surface area (TPSA) is 84.9 Å². The van der Waals surface area contributed by atoms with Crippen LogP contribution in [0.4, 0.5) is 0 Å². The number of hydrogen-bond donors (Lipinski definition) is 2. The molecule has 6 heteroatoms. The van der Waals surface area contributed by atoms with Crippen molar-refractivity contribution in [3.63, 3.8) is 0 Å². The van der Waals surface area contributed by atoms with Gasteiger partial charge >= 0.3 is 0 Å². The van der Waals surface area contributed by atoms with E-state index in [0.29, 0.717) is 36.6 Å². The number of aliphatic hydroxyl groups excluding tert-OH is 1. The molecule has 0 aliphatic heterocycles. The Morgan fingerprint density at radius 1 is 1.10 bits per heavy atom. The Bertz CT molecular complexity index is 903. The van der Waals surface area contributed by atoms with E-state index in [1.54, 1.807) is 31.4 Å². The highest BCUT2D eigenvalue weighted by atomic mass is 16.5. The Hall–Kier alpha value is -3.12. The van der Waals surface area contributed by atoms with Gasteiger partial charge in [0.2, 0.25) is 5.91 Å². The summed E-state index contributed by atoms with van der Waals surface area (Å²) in [6.45, 7) is 4.38. The third-order valence-electron chi connectivity index (χ3n) is 4.75. The minimum Gasteiger partial charge on any atom is -0.493 e. The number of aryl methyl sites for hydroxylation is 1. The van der Waals surface area contributed by atoms with E-state index in [0.717, 1.165) is 29.5 Å². The number of amides is 1. The van der Waals surface area contributed by atoms with Crippen LogP contribution in [0.5, 0.6) is 11.5 Å². The van der Waals surface area contributed by atoms with Crippen LogP contribution >= 0.6 is 0 Å². The number of carbonyl (C=O) groups is 2. The Morgan fingerprint density at radius 3 is 2.45 bits per heavy atom. The van der Waals surface area contributed by atoms with Crippen LogP contribution in [0.25, 0.3) is 6.08 Å². The molecule has 2 N–H and O–H groups in total. The quantitative estimate of drug-likeness (QED) is 0.401. The summed E-state index contributed by atoms with van der Waals surface area (Å²) < 4.78 is 11.0. The van der Waals surface area contributed by atoms with Crippen LogP contribution in [-0.4, -0.2) is 43.7 Å². The Kier molecular flexibility index (Phi) is 9.78. The summed E-state index contributed by atoms with van der Waals surface area (Å²) in [5.74, 6) is 0.802. The van der Waals surface area contributed by atoms with Crippen LogP contribution in [-0.2, 0) is 17.6 Å². The number of aliphatic hydroxyl groups is 1. The smallest absolute Gasteiger partial charge is 0.216 e. The van der Waals surface area contributed by atoms with Crippen LogP contribution in [0.2, 0.25) is 0 Å². The first-order valence-corrected chi connectivity index (χ1v) is 10.5. The van der Waals surface area contributed by atoms with E-state index in [9.17, 15) is 9.59 Å². The van der Waals surface area contributed by atoms with Crippen molar-refractivity contribution in [2.24, 2.45) is 0 Å². The first-order chi connectivity index (χ1) is 15.0. The second kappa shape index (κ2) is 12.5. The normalized spacial score (nSPS) is 10.8. The molecule has 0 fully saturated rings. The van der Waals surface area contributed by atoms with Gasteiger partial charge in [0, 0.05) is 25.6 Å². The van der Waals surface area contributed by atoms with Gasteiger partial charge in [0.15, 0.2) is 17.3 Å². The molecule has 2 aromatic rings. The van der Waals surface area contributed by atoms with E-state index in [-0.39, 0.29) is 18.3 Å². The molecule has 166 valence electrons. The van der Waals surface area contributed by atoms with Crippen LogP contribution < -0.4 is 14.8 Å². The fraction of sp³-hybridized carbons (Fsp3) is 0.360. The van der Waals surface area contributed by atoms with Crippen molar-refractivity contribution >= 4 is 17.8 Å². The van der Waals surface area contributed by atoms with E-state index in [1.165, 1.54) is 6.92 Å². The van der Waals surface area contributed by atoms with Crippen molar-refractivity contribution in [3.05, 3.63) is 64.7 Å². The Balaban J connectivity index is 2.25. The molecule has 0 aliphatic rings. The zero-order chi connectivity index (χ0) is 22.6. The lowest BCUT2D eigenvalue weighted by Gasteiger charge is -2.15. The minimum atomic E-state index is -0.147. The maximum atomic E-state index is 13.0. The predicted octanol–water partition coefficient (Wildman–Crippen LogP) is 3.59. The fourth-order valence-corrected chi connectivity index (χ4v) is 3.18. The molecular formula is C25H31NO5. The molecule has 0 spiro atoms. The van der Waals surface area contributed by atoms with Gasteiger partial charge in [0.1, 0.15) is 0 Å². The molecule has 0 saturated heterocycles. The fourth-order valence-electron chi connectivity index (χ4n) is 3.18. The third kappa shape index (κ3) is 7.57. The maximum absolute atomic E-state index is 13.0. The number of carbonyl (C=O) groups excluding carboxylic acids is 2. The molecule has 6 nitrogen and oxygen atoms in total. The van der Waals surface area contributed by atoms with Gasteiger partial charge < -0.3 is 19.9 Å². The highest BCUT2D eigenvalue weighted by Crippen LogP contribution is 2.31. The van der Waals surface area contributed by atoms with Gasteiger partial charge in [-0.25, -0.2) is 0 Å². The number of nitrogens with one attached hydrogen (secondary N) is 1. The molecule has 0 aromatic heterocycles. The van der Waals surface area contributed by atoms with Crippen molar-refractivity contribution < 1.29 is 24.2 Å². The molecule has 0 saturated carbocycles. The number of methoxy groups -OCH3 is 1. The monoisotopic (exact) mass is 425 g/mol. The molecule has 31 heavy (non-hydrogen) atoms. The number of ketones is 1.